The van der Waals surface area contributed by atoms with Gasteiger partial charge in [0.25, 0.3) is 0 Å². The fourth-order valence-corrected chi connectivity index (χ4v) is 2.17. The Morgan fingerprint density at radius 1 is 0.800 bits per heavy atom. The highest BCUT2D eigenvalue weighted by Crippen LogP contribution is 2.33. The maximum Gasteiger partial charge on any atom is 0.0487 e. The molecular formula is C17H15N3. The van der Waals surface area contributed by atoms with Gasteiger partial charge in [0.1, 0.15) is 0 Å². The minimum absolute atomic E-state index is 1.17. The zero-order chi connectivity index (χ0) is 13.6. The molecule has 2 heterocycles. The molecule has 0 unspecified atom stereocenters. The van der Waals surface area contributed by atoms with Crippen molar-refractivity contribution in [2.24, 2.45) is 0 Å². The third-order valence-corrected chi connectivity index (χ3v) is 3.09. The Morgan fingerprint density at radius 2 is 1.60 bits per heavy atom. The van der Waals surface area contributed by atoms with E-state index >= 15 is 0 Å². The van der Waals surface area contributed by atoms with Gasteiger partial charge < -0.3 is 5.32 Å². The van der Waals surface area contributed by atoms with E-state index in [-0.39, 0.29) is 0 Å². The number of anilines is 1. The molecular weight excluding hydrogens is 246 g/mol. The van der Waals surface area contributed by atoms with Crippen LogP contribution in [0.3, 0.4) is 0 Å². The number of aromatic nitrogens is 2. The highest BCUT2D eigenvalue weighted by atomic mass is 15.1. The van der Waals surface area contributed by atoms with Crippen molar-refractivity contribution in [1.29, 1.82) is 0 Å². The number of aromatic amines is 1. The van der Waals surface area contributed by atoms with Crippen molar-refractivity contribution in [2.45, 2.75) is 0 Å². The Balaban J connectivity index is 0.000000205. The monoisotopic (exact) mass is 261 g/mol. The predicted molar refractivity (Wildman–Crippen MR) is 83.1 cm³/mol. The van der Waals surface area contributed by atoms with Crippen LogP contribution < -0.4 is 5.32 Å². The van der Waals surface area contributed by atoms with Gasteiger partial charge in [0.15, 0.2) is 0 Å². The highest BCUT2D eigenvalue weighted by Gasteiger charge is 2.08. The molecule has 1 aliphatic heterocycles. The number of benzene rings is 2. The molecule has 0 aliphatic carbocycles. The minimum atomic E-state index is 1.17. The summed E-state index contributed by atoms with van der Waals surface area (Å²) in [6.07, 6.45) is 7.56. The fraction of sp³-hybridized carbons (Fsp3) is 0. The second-order valence-corrected chi connectivity index (χ2v) is 4.38. The summed E-state index contributed by atoms with van der Waals surface area (Å²) in [5, 5.41) is 9.50. The lowest BCUT2D eigenvalue weighted by atomic mass is 9.99. The molecule has 1 aliphatic rings. The van der Waals surface area contributed by atoms with E-state index in [1.54, 1.807) is 12.4 Å². The molecule has 0 fully saturated rings. The van der Waals surface area contributed by atoms with Crippen molar-refractivity contribution in [2.75, 3.05) is 5.32 Å². The van der Waals surface area contributed by atoms with E-state index in [1.165, 1.54) is 22.4 Å². The molecule has 3 aromatic rings. The average Bonchev–Trinajstić information content (AvgIpc) is 3.03. The van der Waals surface area contributed by atoms with Crippen LogP contribution in [0.15, 0.2) is 73.2 Å². The topological polar surface area (TPSA) is 40.7 Å². The van der Waals surface area contributed by atoms with Gasteiger partial charge in [-0.2, -0.15) is 5.10 Å². The van der Waals surface area contributed by atoms with Crippen LogP contribution in [0.25, 0.3) is 17.2 Å². The first kappa shape index (κ1) is 12.2. The van der Waals surface area contributed by atoms with Crippen LogP contribution in [0.2, 0.25) is 0 Å². The molecule has 3 heteroatoms. The summed E-state index contributed by atoms with van der Waals surface area (Å²) in [5.41, 5.74) is 4.97. The maximum atomic E-state index is 3.60. The lowest BCUT2D eigenvalue weighted by Crippen LogP contribution is -1.87. The third-order valence-electron chi connectivity index (χ3n) is 3.09. The van der Waals surface area contributed by atoms with Crippen LogP contribution in [0.4, 0.5) is 5.69 Å². The van der Waals surface area contributed by atoms with Crippen LogP contribution >= 0.6 is 0 Å². The van der Waals surface area contributed by atoms with Gasteiger partial charge in [0.05, 0.1) is 0 Å². The molecule has 0 amide bonds. The van der Waals surface area contributed by atoms with Gasteiger partial charge in [0, 0.05) is 29.8 Å². The van der Waals surface area contributed by atoms with Gasteiger partial charge in [-0.25, -0.2) is 0 Å². The second kappa shape index (κ2) is 5.89. The normalized spacial score (nSPS) is 11.2. The summed E-state index contributed by atoms with van der Waals surface area (Å²) in [6.45, 7) is 0. The van der Waals surface area contributed by atoms with Crippen LogP contribution in [-0.2, 0) is 0 Å². The van der Waals surface area contributed by atoms with Crippen molar-refractivity contribution < 1.29 is 0 Å². The van der Waals surface area contributed by atoms with E-state index < -0.39 is 0 Å². The summed E-state index contributed by atoms with van der Waals surface area (Å²) < 4.78 is 0. The van der Waals surface area contributed by atoms with E-state index in [0.29, 0.717) is 0 Å². The number of fused-ring (bicyclic) bond motifs is 3. The molecule has 3 nitrogen and oxygen atoms in total. The van der Waals surface area contributed by atoms with E-state index in [1.807, 2.05) is 18.3 Å². The summed E-state index contributed by atoms with van der Waals surface area (Å²) >= 11 is 0. The Kier molecular flexibility index (Phi) is 3.60. The standard InChI is InChI=1S/C14H11N.C3H4N2/c1-2-6-12-11(5-1)9-10-15-14-8-4-3-7-13(12)14;1-2-4-5-3-1/h1-10,15H;1-3H,(H,4,5). The maximum absolute atomic E-state index is 3.60. The Morgan fingerprint density at radius 3 is 2.35 bits per heavy atom. The van der Waals surface area contributed by atoms with E-state index in [2.05, 4.69) is 64.1 Å². The summed E-state index contributed by atoms with van der Waals surface area (Å²) in [6, 6.07) is 18.6. The summed E-state index contributed by atoms with van der Waals surface area (Å²) in [4.78, 5) is 0. The number of nitrogens with one attached hydrogen (secondary N) is 2. The molecule has 0 spiro atoms. The van der Waals surface area contributed by atoms with E-state index in [0.717, 1.165) is 0 Å². The first-order valence-corrected chi connectivity index (χ1v) is 6.50. The number of H-pyrrole nitrogens is 1. The smallest absolute Gasteiger partial charge is 0.0487 e. The lowest BCUT2D eigenvalue weighted by Gasteiger charge is -2.08. The van der Waals surface area contributed by atoms with E-state index in [9.17, 15) is 0 Å². The van der Waals surface area contributed by atoms with E-state index in [4.69, 9.17) is 0 Å². The minimum Gasteiger partial charge on any atom is -0.361 e. The molecule has 4 rings (SSSR count). The van der Waals surface area contributed by atoms with Crippen molar-refractivity contribution in [1.82, 2.24) is 10.2 Å². The first-order valence-electron chi connectivity index (χ1n) is 6.50. The first-order chi connectivity index (χ1) is 9.95. The quantitative estimate of drug-likeness (QED) is 0.638. The van der Waals surface area contributed by atoms with Crippen LogP contribution in [-0.4, -0.2) is 10.2 Å². The SMILES string of the molecule is C1=Cc2ccccc2-c2ccccc2N1.c1cn[nH]c1. The van der Waals surface area contributed by atoms with Crippen LogP contribution in [0, 0.1) is 0 Å². The van der Waals surface area contributed by atoms with Gasteiger partial charge in [-0.05, 0) is 29.3 Å². The van der Waals surface area contributed by atoms with Gasteiger partial charge in [-0.1, -0.05) is 42.5 Å². The Bertz CT molecular complexity index is 683. The molecule has 2 N–H and O–H groups in total. The summed E-state index contributed by atoms with van der Waals surface area (Å²) in [7, 11) is 0. The second-order valence-electron chi connectivity index (χ2n) is 4.38. The summed E-state index contributed by atoms with van der Waals surface area (Å²) in [5.74, 6) is 0. The molecule has 0 saturated heterocycles. The number of hydrogen-bond acceptors (Lipinski definition) is 2. The number of hydrogen-bond donors (Lipinski definition) is 2. The van der Waals surface area contributed by atoms with Gasteiger partial charge in [0.2, 0.25) is 0 Å². The molecule has 0 bridgehead atoms. The van der Waals surface area contributed by atoms with Crippen molar-refractivity contribution >= 4 is 11.8 Å². The molecule has 98 valence electrons. The number of para-hydroxylation sites is 1. The zero-order valence-corrected chi connectivity index (χ0v) is 11.0. The molecule has 1 aromatic heterocycles. The van der Waals surface area contributed by atoms with Crippen molar-refractivity contribution in [3.8, 4) is 11.1 Å². The van der Waals surface area contributed by atoms with Gasteiger partial charge in [-0.15, -0.1) is 0 Å². The average molecular weight is 261 g/mol. The predicted octanol–water partition coefficient (Wildman–Crippen LogP) is 4.16. The van der Waals surface area contributed by atoms with Gasteiger partial charge in [-0.3, -0.25) is 5.10 Å². The fourth-order valence-electron chi connectivity index (χ4n) is 2.17. The number of nitrogens with zero attached hydrogens (tertiary/aromatic N) is 1. The van der Waals surface area contributed by atoms with Crippen LogP contribution in [0.5, 0.6) is 0 Å². The Labute approximate surface area is 118 Å². The molecule has 0 saturated carbocycles. The molecule has 0 atom stereocenters. The van der Waals surface area contributed by atoms with Crippen molar-refractivity contribution in [3.63, 3.8) is 0 Å². The molecule has 0 radical (unpaired) electrons. The zero-order valence-electron chi connectivity index (χ0n) is 11.0. The third kappa shape index (κ3) is 2.62. The van der Waals surface area contributed by atoms with Gasteiger partial charge >= 0.3 is 0 Å². The van der Waals surface area contributed by atoms with Crippen molar-refractivity contribution in [3.05, 3.63) is 78.8 Å². The number of rotatable bonds is 0. The Hall–Kier alpha value is -2.81. The molecule has 2 aromatic carbocycles. The highest BCUT2D eigenvalue weighted by molar-refractivity contribution is 5.86. The largest absolute Gasteiger partial charge is 0.361 e. The lowest BCUT2D eigenvalue weighted by molar-refractivity contribution is 1.09. The molecule has 20 heavy (non-hydrogen) atoms. The van der Waals surface area contributed by atoms with Crippen LogP contribution in [0.1, 0.15) is 5.56 Å².